The fraction of sp³-hybridized carbons (Fsp3) is 0.900. The maximum absolute atomic E-state index is 12.9. The predicted octanol–water partition coefficient (Wildman–Crippen LogP) is 11.6. The summed E-state index contributed by atoms with van der Waals surface area (Å²) in [5.74, 6) is -0.409. The van der Waals surface area contributed by atoms with Crippen molar-refractivity contribution in [3.05, 3.63) is 24.3 Å². The van der Waals surface area contributed by atoms with Gasteiger partial charge in [0, 0.05) is 13.0 Å². The average molecular weight is 919 g/mol. The monoisotopic (exact) mass is 919 g/mol. The maximum Gasteiger partial charge on any atom is 0.397 e. The van der Waals surface area contributed by atoms with Crippen LogP contribution in [0.1, 0.15) is 226 Å². The number of allylic oxidation sites excluding steroid dienone is 4. The standard InChI is InChI=1S/C50H94O12S/c1-3-5-7-9-11-13-15-17-19-20-21-22-23-24-26-28-30-32-34-36-38-40-58-42-44(43-59-50-48(54)49(62-63(55,56)57)47(53)45(41-51)61-50)60-46(52)39-37-35-33-31-29-27-25-18-16-14-12-10-8-6-4-2/h12,14,18,25,44-45,47-51,53-54H,3-11,13,15-17,19-24,26-43H2,1-2H3,(H,55,56,57)/b14-12-,25-18-. The molecule has 1 fully saturated rings. The zero-order chi connectivity index (χ0) is 46.1. The summed E-state index contributed by atoms with van der Waals surface area (Å²) in [4.78, 5) is 12.9. The number of unbranched alkanes of at least 4 members (excludes halogenated alkanes) is 28. The number of rotatable bonds is 45. The summed E-state index contributed by atoms with van der Waals surface area (Å²) in [7, 11) is -5.06. The Bertz CT molecular complexity index is 1200. The molecule has 1 heterocycles. The van der Waals surface area contributed by atoms with E-state index in [2.05, 4.69) is 42.3 Å². The Hall–Kier alpha value is -1.42. The zero-order valence-electron chi connectivity index (χ0n) is 39.9. The third kappa shape index (κ3) is 35.4. The van der Waals surface area contributed by atoms with Crippen molar-refractivity contribution in [1.82, 2.24) is 0 Å². The Kier molecular flexibility index (Phi) is 39.7. The van der Waals surface area contributed by atoms with E-state index in [1.54, 1.807) is 0 Å². The summed E-state index contributed by atoms with van der Waals surface area (Å²) in [5.41, 5.74) is 0. The summed E-state index contributed by atoms with van der Waals surface area (Å²) in [6.45, 7) is 3.98. The van der Waals surface area contributed by atoms with Crippen LogP contribution in [-0.4, -0.2) is 97.5 Å². The molecule has 0 bridgehead atoms. The van der Waals surface area contributed by atoms with Gasteiger partial charge in [0.25, 0.3) is 0 Å². The second-order valence-electron chi connectivity index (χ2n) is 17.8. The van der Waals surface area contributed by atoms with Crippen LogP contribution in [0.5, 0.6) is 0 Å². The van der Waals surface area contributed by atoms with E-state index in [0.29, 0.717) is 13.0 Å². The van der Waals surface area contributed by atoms with Gasteiger partial charge in [-0.15, -0.1) is 0 Å². The van der Waals surface area contributed by atoms with Gasteiger partial charge in [0.05, 0.1) is 19.8 Å². The maximum atomic E-state index is 12.9. The van der Waals surface area contributed by atoms with Crippen LogP contribution >= 0.6 is 0 Å². The normalized spacial score (nSPS) is 20.0. The molecule has 0 saturated carbocycles. The topological polar surface area (TPSA) is 178 Å². The lowest BCUT2D eigenvalue weighted by Gasteiger charge is -2.41. The molecule has 0 aromatic heterocycles. The smallest absolute Gasteiger partial charge is 0.397 e. The molecule has 0 aliphatic carbocycles. The number of carbonyl (C=O) groups is 1. The summed E-state index contributed by atoms with van der Waals surface area (Å²) < 4.78 is 59.2. The minimum absolute atomic E-state index is 0.0346. The largest absolute Gasteiger partial charge is 0.457 e. The molecule has 1 rings (SSSR count). The number of aliphatic hydroxyl groups excluding tert-OH is 3. The van der Waals surface area contributed by atoms with Crippen LogP contribution in [0, 0.1) is 0 Å². The fourth-order valence-electron chi connectivity index (χ4n) is 7.94. The third-order valence-corrected chi connectivity index (χ3v) is 12.3. The molecular weight excluding hydrogens is 825 g/mol. The first-order valence-corrected chi connectivity index (χ1v) is 27.0. The van der Waals surface area contributed by atoms with E-state index in [4.69, 9.17) is 18.9 Å². The molecule has 13 heteroatoms. The minimum Gasteiger partial charge on any atom is -0.457 e. The average Bonchev–Trinajstić information content (AvgIpc) is 3.26. The molecule has 0 radical (unpaired) electrons. The Labute approximate surface area is 384 Å². The molecule has 6 unspecified atom stereocenters. The van der Waals surface area contributed by atoms with E-state index in [9.17, 15) is 33.1 Å². The molecule has 1 aliphatic heterocycles. The highest BCUT2D eigenvalue weighted by Crippen LogP contribution is 2.26. The Morgan fingerprint density at radius 2 is 1.05 bits per heavy atom. The van der Waals surface area contributed by atoms with Crippen LogP contribution in [-0.2, 0) is 38.3 Å². The van der Waals surface area contributed by atoms with Gasteiger partial charge in [0.1, 0.15) is 30.5 Å². The molecule has 1 saturated heterocycles. The Morgan fingerprint density at radius 1 is 0.603 bits per heavy atom. The van der Waals surface area contributed by atoms with Gasteiger partial charge in [-0.05, 0) is 44.9 Å². The summed E-state index contributed by atoms with van der Waals surface area (Å²) in [6.07, 6.45) is 39.3. The van der Waals surface area contributed by atoms with Crippen LogP contribution in [0.4, 0.5) is 0 Å². The van der Waals surface area contributed by atoms with E-state index >= 15 is 0 Å². The third-order valence-electron chi connectivity index (χ3n) is 11.8. The highest BCUT2D eigenvalue weighted by molar-refractivity contribution is 7.80. The molecule has 6 atom stereocenters. The van der Waals surface area contributed by atoms with Crippen molar-refractivity contribution in [3.63, 3.8) is 0 Å². The second-order valence-corrected chi connectivity index (χ2v) is 18.8. The molecule has 0 aromatic carbocycles. The lowest BCUT2D eigenvalue weighted by Crippen LogP contribution is -2.60. The van der Waals surface area contributed by atoms with Gasteiger partial charge in [-0.25, -0.2) is 4.18 Å². The van der Waals surface area contributed by atoms with Crippen LogP contribution in [0.2, 0.25) is 0 Å². The molecule has 1 aliphatic rings. The van der Waals surface area contributed by atoms with Gasteiger partial charge in [0.2, 0.25) is 0 Å². The molecule has 12 nitrogen and oxygen atoms in total. The van der Waals surface area contributed by atoms with Gasteiger partial charge < -0.3 is 34.3 Å². The molecule has 372 valence electrons. The van der Waals surface area contributed by atoms with Crippen molar-refractivity contribution < 1.29 is 56.2 Å². The number of carbonyl (C=O) groups excluding carboxylic acids is 1. The summed E-state index contributed by atoms with van der Waals surface area (Å²) in [6, 6.07) is 0. The van der Waals surface area contributed by atoms with Crippen LogP contribution in [0.3, 0.4) is 0 Å². The first-order valence-electron chi connectivity index (χ1n) is 25.6. The zero-order valence-corrected chi connectivity index (χ0v) is 40.7. The molecular formula is C50H94O12S. The Morgan fingerprint density at radius 3 is 1.54 bits per heavy atom. The van der Waals surface area contributed by atoms with E-state index in [-0.39, 0.29) is 19.6 Å². The van der Waals surface area contributed by atoms with Crippen LogP contribution in [0.25, 0.3) is 0 Å². The molecule has 0 spiro atoms. The second kappa shape index (κ2) is 42.0. The number of hydrogen-bond acceptors (Lipinski definition) is 11. The van der Waals surface area contributed by atoms with E-state index in [0.717, 1.165) is 64.2 Å². The molecule has 0 amide bonds. The van der Waals surface area contributed by atoms with E-state index in [1.807, 2.05) is 0 Å². The van der Waals surface area contributed by atoms with Crippen molar-refractivity contribution >= 4 is 16.4 Å². The molecule has 63 heavy (non-hydrogen) atoms. The highest BCUT2D eigenvalue weighted by Gasteiger charge is 2.48. The minimum atomic E-state index is -5.06. The lowest BCUT2D eigenvalue weighted by atomic mass is 9.99. The van der Waals surface area contributed by atoms with Crippen molar-refractivity contribution in [1.29, 1.82) is 0 Å². The van der Waals surface area contributed by atoms with E-state index in [1.165, 1.54) is 135 Å². The van der Waals surface area contributed by atoms with Gasteiger partial charge in [0.15, 0.2) is 6.29 Å². The first-order chi connectivity index (χ1) is 30.6. The first kappa shape index (κ1) is 59.6. The Balaban J connectivity index is 2.34. The quantitative estimate of drug-likeness (QED) is 0.0197. The van der Waals surface area contributed by atoms with Gasteiger partial charge in [-0.3, -0.25) is 9.35 Å². The van der Waals surface area contributed by atoms with Crippen molar-refractivity contribution in [2.75, 3.05) is 26.4 Å². The number of esters is 1. The predicted molar refractivity (Wildman–Crippen MR) is 253 cm³/mol. The van der Waals surface area contributed by atoms with E-state index < -0.39 is 59.8 Å². The lowest BCUT2D eigenvalue weighted by molar-refractivity contribution is -0.301. The molecule has 0 aromatic rings. The summed E-state index contributed by atoms with van der Waals surface area (Å²) >= 11 is 0. The van der Waals surface area contributed by atoms with Crippen LogP contribution in [0.15, 0.2) is 24.3 Å². The van der Waals surface area contributed by atoms with Crippen LogP contribution < -0.4 is 0 Å². The van der Waals surface area contributed by atoms with Gasteiger partial charge >= 0.3 is 16.4 Å². The van der Waals surface area contributed by atoms with Crippen molar-refractivity contribution in [2.24, 2.45) is 0 Å². The number of aliphatic hydroxyl groups is 3. The van der Waals surface area contributed by atoms with Gasteiger partial charge in [-0.1, -0.05) is 199 Å². The number of ether oxygens (including phenoxy) is 4. The SMILES string of the molecule is CCCCC/C=C\C/C=C\CCCCCCCC(=O)OC(COCCCCCCCCCCCCCCCCCCCCCCC)COC1OC(CO)C(O)C(OS(=O)(=O)O)C1O. The molecule has 4 N–H and O–H groups in total. The van der Waals surface area contributed by atoms with Gasteiger partial charge in [-0.2, -0.15) is 8.42 Å². The number of hydrogen-bond donors (Lipinski definition) is 4. The summed E-state index contributed by atoms with van der Waals surface area (Å²) in [5, 5.41) is 30.7. The van der Waals surface area contributed by atoms with Crippen molar-refractivity contribution in [2.45, 2.75) is 263 Å². The van der Waals surface area contributed by atoms with Crippen molar-refractivity contribution in [3.8, 4) is 0 Å². The fourth-order valence-corrected chi connectivity index (χ4v) is 8.45. The highest BCUT2D eigenvalue weighted by atomic mass is 32.3.